The summed E-state index contributed by atoms with van der Waals surface area (Å²) < 4.78 is 5.96. The van der Waals surface area contributed by atoms with Gasteiger partial charge in [0.25, 0.3) is 0 Å². The Morgan fingerprint density at radius 2 is 2.11 bits per heavy atom. The SMILES string of the molecule is CCCCCCOC(c1cccnc1)C(N)CC. The molecule has 1 aromatic heterocycles. The summed E-state index contributed by atoms with van der Waals surface area (Å²) >= 11 is 0. The van der Waals surface area contributed by atoms with Crippen molar-refractivity contribution in [1.29, 1.82) is 0 Å². The molecule has 18 heavy (non-hydrogen) atoms. The van der Waals surface area contributed by atoms with Crippen LogP contribution in [0.3, 0.4) is 0 Å². The molecule has 0 fully saturated rings. The molecule has 0 aromatic carbocycles. The van der Waals surface area contributed by atoms with Crippen molar-refractivity contribution in [2.45, 2.75) is 58.1 Å². The summed E-state index contributed by atoms with van der Waals surface area (Å²) in [4.78, 5) is 4.14. The summed E-state index contributed by atoms with van der Waals surface area (Å²) in [5, 5.41) is 0. The average Bonchev–Trinajstić information content (AvgIpc) is 2.43. The van der Waals surface area contributed by atoms with Crippen molar-refractivity contribution in [2.75, 3.05) is 6.61 Å². The third-order valence-electron chi connectivity index (χ3n) is 3.17. The quantitative estimate of drug-likeness (QED) is 0.683. The van der Waals surface area contributed by atoms with E-state index in [-0.39, 0.29) is 12.1 Å². The largest absolute Gasteiger partial charge is 0.372 e. The van der Waals surface area contributed by atoms with Crippen LogP contribution in [-0.4, -0.2) is 17.6 Å². The van der Waals surface area contributed by atoms with E-state index in [9.17, 15) is 0 Å². The fourth-order valence-corrected chi connectivity index (χ4v) is 1.96. The molecule has 2 N–H and O–H groups in total. The Hall–Kier alpha value is -0.930. The van der Waals surface area contributed by atoms with E-state index in [4.69, 9.17) is 10.5 Å². The molecule has 0 saturated carbocycles. The Balaban J connectivity index is 2.47. The fourth-order valence-electron chi connectivity index (χ4n) is 1.96. The van der Waals surface area contributed by atoms with Crippen molar-refractivity contribution in [2.24, 2.45) is 5.73 Å². The molecule has 102 valence electrons. The van der Waals surface area contributed by atoms with Gasteiger partial charge in [0.15, 0.2) is 0 Å². The van der Waals surface area contributed by atoms with E-state index >= 15 is 0 Å². The normalized spacial score (nSPS) is 14.4. The van der Waals surface area contributed by atoms with Gasteiger partial charge in [-0.25, -0.2) is 0 Å². The van der Waals surface area contributed by atoms with Crippen LogP contribution in [0.15, 0.2) is 24.5 Å². The second-order valence-electron chi connectivity index (χ2n) is 4.71. The van der Waals surface area contributed by atoms with Crippen LogP contribution in [-0.2, 0) is 4.74 Å². The number of nitrogens with zero attached hydrogens (tertiary/aromatic N) is 1. The Kier molecular flexibility index (Phi) is 7.62. The summed E-state index contributed by atoms with van der Waals surface area (Å²) in [5.41, 5.74) is 7.22. The molecule has 2 atom stereocenters. The van der Waals surface area contributed by atoms with Gasteiger partial charge >= 0.3 is 0 Å². The Bertz CT molecular complexity index is 303. The highest BCUT2D eigenvalue weighted by Gasteiger charge is 2.18. The molecule has 2 unspecified atom stereocenters. The molecule has 1 rings (SSSR count). The number of nitrogens with two attached hydrogens (primary N) is 1. The smallest absolute Gasteiger partial charge is 0.0990 e. The van der Waals surface area contributed by atoms with Crippen LogP contribution in [0, 0.1) is 0 Å². The van der Waals surface area contributed by atoms with Gasteiger partial charge in [-0.2, -0.15) is 0 Å². The summed E-state index contributed by atoms with van der Waals surface area (Å²) in [6, 6.07) is 4.02. The Labute approximate surface area is 111 Å². The predicted molar refractivity (Wildman–Crippen MR) is 75.3 cm³/mol. The predicted octanol–water partition coefficient (Wildman–Crippen LogP) is 3.46. The van der Waals surface area contributed by atoms with Crippen molar-refractivity contribution < 1.29 is 4.74 Å². The van der Waals surface area contributed by atoms with Crippen LogP contribution >= 0.6 is 0 Å². The first kappa shape index (κ1) is 15.1. The van der Waals surface area contributed by atoms with Gasteiger partial charge in [-0.1, -0.05) is 39.2 Å². The minimum atomic E-state index is -0.0228. The first-order chi connectivity index (χ1) is 8.79. The van der Waals surface area contributed by atoms with Gasteiger partial charge in [0.2, 0.25) is 0 Å². The number of hydrogen-bond acceptors (Lipinski definition) is 3. The first-order valence-electron chi connectivity index (χ1n) is 7.06. The van der Waals surface area contributed by atoms with Crippen LogP contribution in [0.25, 0.3) is 0 Å². The maximum absolute atomic E-state index is 6.14. The van der Waals surface area contributed by atoms with E-state index in [2.05, 4.69) is 18.8 Å². The number of ether oxygens (including phenoxy) is 1. The topological polar surface area (TPSA) is 48.1 Å². The monoisotopic (exact) mass is 250 g/mol. The van der Waals surface area contributed by atoms with E-state index in [0.717, 1.165) is 25.0 Å². The molecule has 0 aliphatic heterocycles. The van der Waals surface area contributed by atoms with Crippen LogP contribution in [0.2, 0.25) is 0 Å². The van der Waals surface area contributed by atoms with Crippen LogP contribution in [0.4, 0.5) is 0 Å². The number of rotatable bonds is 9. The fraction of sp³-hybridized carbons (Fsp3) is 0.667. The summed E-state index contributed by atoms with van der Waals surface area (Å²) in [7, 11) is 0. The van der Waals surface area contributed by atoms with Crippen molar-refractivity contribution >= 4 is 0 Å². The van der Waals surface area contributed by atoms with Gasteiger partial charge in [-0.05, 0) is 18.9 Å². The zero-order valence-electron chi connectivity index (χ0n) is 11.6. The van der Waals surface area contributed by atoms with Crippen LogP contribution in [0.1, 0.15) is 57.6 Å². The van der Waals surface area contributed by atoms with Crippen molar-refractivity contribution in [3.8, 4) is 0 Å². The summed E-state index contributed by atoms with van der Waals surface area (Å²) in [6.45, 7) is 5.09. The summed E-state index contributed by atoms with van der Waals surface area (Å²) in [6.07, 6.45) is 9.39. The van der Waals surface area contributed by atoms with E-state index in [1.807, 2.05) is 18.3 Å². The molecule has 1 aromatic rings. The number of unbranched alkanes of at least 4 members (excludes halogenated alkanes) is 3. The van der Waals surface area contributed by atoms with E-state index < -0.39 is 0 Å². The van der Waals surface area contributed by atoms with Gasteiger partial charge < -0.3 is 10.5 Å². The van der Waals surface area contributed by atoms with Crippen molar-refractivity contribution in [3.63, 3.8) is 0 Å². The zero-order chi connectivity index (χ0) is 13.2. The van der Waals surface area contributed by atoms with Gasteiger partial charge in [0, 0.05) is 30.6 Å². The first-order valence-corrected chi connectivity index (χ1v) is 7.06. The molecule has 0 saturated heterocycles. The number of hydrogen-bond donors (Lipinski definition) is 1. The molecular weight excluding hydrogens is 224 g/mol. The second-order valence-corrected chi connectivity index (χ2v) is 4.71. The maximum Gasteiger partial charge on any atom is 0.0990 e. The molecule has 1 heterocycles. The van der Waals surface area contributed by atoms with E-state index in [1.165, 1.54) is 19.3 Å². The zero-order valence-corrected chi connectivity index (χ0v) is 11.6. The molecule has 3 nitrogen and oxygen atoms in total. The van der Waals surface area contributed by atoms with Gasteiger partial charge in [0.1, 0.15) is 0 Å². The lowest BCUT2D eigenvalue weighted by molar-refractivity contribution is 0.0309. The average molecular weight is 250 g/mol. The highest BCUT2D eigenvalue weighted by atomic mass is 16.5. The molecule has 0 radical (unpaired) electrons. The highest BCUT2D eigenvalue weighted by Crippen LogP contribution is 2.21. The molecule has 0 aliphatic rings. The van der Waals surface area contributed by atoms with Crippen LogP contribution < -0.4 is 5.73 Å². The number of pyridine rings is 1. The maximum atomic E-state index is 6.14. The van der Waals surface area contributed by atoms with Crippen molar-refractivity contribution in [3.05, 3.63) is 30.1 Å². The van der Waals surface area contributed by atoms with Crippen molar-refractivity contribution in [1.82, 2.24) is 4.98 Å². The molecule has 0 bridgehead atoms. The number of aromatic nitrogens is 1. The lowest BCUT2D eigenvalue weighted by atomic mass is 10.0. The molecule has 0 aliphatic carbocycles. The summed E-state index contributed by atoms with van der Waals surface area (Å²) in [5.74, 6) is 0. The Morgan fingerprint density at radius 1 is 1.28 bits per heavy atom. The van der Waals surface area contributed by atoms with E-state index in [1.54, 1.807) is 6.20 Å². The van der Waals surface area contributed by atoms with Crippen LogP contribution in [0.5, 0.6) is 0 Å². The molecule has 0 amide bonds. The minimum absolute atomic E-state index is 0.0228. The van der Waals surface area contributed by atoms with Gasteiger partial charge in [0.05, 0.1) is 6.10 Å². The van der Waals surface area contributed by atoms with Gasteiger partial charge in [-0.3, -0.25) is 4.98 Å². The minimum Gasteiger partial charge on any atom is -0.372 e. The lowest BCUT2D eigenvalue weighted by Gasteiger charge is -2.23. The Morgan fingerprint density at radius 3 is 2.72 bits per heavy atom. The standard InChI is InChI=1S/C15H26N2O/c1-3-5-6-7-11-18-15(14(16)4-2)13-9-8-10-17-12-13/h8-10,12,14-15H,3-7,11,16H2,1-2H3. The molecular formula is C15H26N2O. The third-order valence-corrected chi connectivity index (χ3v) is 3.17. The third kappa shape index (κ3) is 5.15. The van der Waals surface area contributed by atoms with E-state index in [0.29, 0.717) is 0 Å². The highest BCUT2D eigenvalue weighted by molar-refractivity contribution is 5.14. The van der Waals surface area contributed by atoms with Gasteiger partial charge in [-0.15, -0.1) is 0 Å². The molecule has 3 heteroatoms. The molecule has 0 spiro atoms. The second kappa shape index (κ2) is 9.06. The lowest BCUT2D eigenvalue weighted by Crippen LogP contribution is -2.30.